The number of nitrogens with zero attached hydrogens (tertiary/aromatic N) is 1. The first-order chi connectivity index (χ1) is 52.4. The summed E-state index contributed by atoms with van der Waals surface area (Å²) in [4.78, 5) is 223. The first kappa shape index (κ1) is 92.7. The van der Waals surface area contributed by atoms with Gasteiger partial charge in [-0.3, -0.25) is 71.9 Å². The summed E-state index contributed by atoms with van der Waals surface area (Å²) in [6.45, 7) is 9.86. The van der Waals surface area contributed by atoms with Gasteiger partial charge in [0.1, 0.15) is 78.5 Å². The van der Waals surface area contributed by atoms with Crippen LogP contribution >= 0.6 is 0 Å². The lowest BCUT2D eigenvalue weighted by molar-refractivity contribution is -0.149. The van der Waals surface area contributed by atoms with Gasteiger partial charge in [0.05, 0.1) is 25.7 Å². The van der Waals surface area contributed by atoms with Crippen molar-refractivity contribution < 1.29 is 107 Å². The van der Waals surface area contributed by atoms with Crippen LogP contribution in [-0.4, -0.2) is 246 Å². The van der Waals surface area contributed by atoms with E-state index >= 15 is 4.79 Å². The van der Waals surface area contributed by atoms with Crippen LogP contribution in [0.25, 0.3) is 10.9 Å². The van der Waals surface area contributed by atoms with E-state index in [-0.39, 0.29) is 69.9 Å². The second-order valence-electron chi connectivity index (χ2n) is 28.8. The number of carbonyl (C=O) groups excluding carboxylic acids is 13. The number of hydrogen-bond acceptors (Lipinski definition) is 21. The van der Waals surface area contributed by atoms with Crippen LogP contribution in [0.5, 0.6) is 0 Å². The molecule has 13 amide bonds. The Labute approximate surface area is 641 Å². The minimum Gasteiger partial charge on any atom is -0.481 e. The molecule has 0 unspecified atom stereocenters. The maximum Gasteiger partial charge on any atom is 0.326 e. The van der Waals surface area contributed by atoms with Crippen molar-refractivity contribution in [3.8, 4) is 0 Å². The summed E-state index contributed by atoms with van der Waals surface area (Å²) < 4.78 is 0. The second kappa shape index (κ2) is 46.1. The van der Waals surface area contributed by atoms with Crippen molar-refractivity contribution in [1.29, 1.82) is 0 Å². The lowest BCUT2D eigenvalue weighted by Gasteiger charge is -2.30. The van der Waals surface area contributed by atoms with E-state index in [9.17, 15) is 103 Å². The van der Waals surface area contributed by atoms with Crippen molar-refractivity contribution in [2.24, 2.45) is 35.0 Å². The molecule has 2 heterocycles. The normalized spacial score (nSPS) is 16.2. The summed E-state index contributed by atoms with van der Waals surface area (Å²) in [5.41, 5.74) is 18.2. The van der Waals surface area contributed by atoms with Crippen molar-refractivity contribution in [2.45, 2.75) is 229 Å². The lowest BCUT2D eigenvalue weighted by atomic mass is 9.98. The maximum absolute atomic E-state index is 15.0. The molecule has 1 aliphatic rings. The number of aliphatic hydroxyl groups is 3. The molecule has 4 rings (SSSR count). The summed E-state index contributed by atoms with van der Waals surface area (Å²) in [7, 11) is 0. The van der Waals surface area contributed by atoms with E-state index < -0.39 is 237 Å². The zero-order chi connectivity index (χ0) is 82.9. The van der Waals surface area contributed by atoms with Crippen LogP contribution in [0.3, 0.4) is 0 Å². The molecule has 24 N–H and O–H groups in total. The first-order valence-electron chi connectivity index (χ1n) is 36.9. The fourth-order valence-corrected chi connectivity index (χ4v) is 12.3. The van der Waals surface area contributed by atoms with Gasteiger partial charge in [0.2, 0.25) is 76.8 Å². The molecular weight excluding hydrogens is 1450 g/mol. The van der Waals surface area contributed by atoms with E-state index in [1.165, 1.54) is 17.0 Å². The Morgan fingerprint density at radius 3 is 1.45 bits per heavy atom. The minimum absolute atomic E-state index is 0.0359. The van der Waals surface area contributed by atoms with Gasteiger partial charge in [0.15, 0.2) is 0 Å². The molecule has 0 saturated carbocycles. The Morgan fingerprint density at radius 1 is 0.486 bits per heavy atom. The van der Waals surface area contributed by atoms with Crippen molar-refractivity contribution in [3.05, 3.63) is 71.9 Å². The van der Waals surface area contributed by atoms with Crippen molar-refractivity contribution in [1.82, 2.24) is 68.4 Å². The van der Waals surface area contributed by atoms with Gasteiger partial charge in [0, 0.05) is 49.3 Å². The van der Waals surface area contributed by atoms with Crippen LogP contribution < -0.4 is 75.7 Å². The van der Waals surface area contributed by atoms with E-state index in [1.807, 2.05) is 13.8 Å². The Kier molecular flexibility index (Phi) is 38.5. The van der Waals surface area contributed by atoms with Crippen molar-refractivity contribution >= 4 is 106 Å². The number of hydrogen-bond donors (Lipinski definition) is 21. The molecule has 1 saturated heterocycles. The number of likely N-dealkylation sites (tertiary alicyclic amines) is 1. The quantitative estimate of drug-likeness (QED) is 0.0239. The SMILES string of the molecule is CC(C)C[C@H](NC(=O)[C@H](CC(=O)O)NC(=O)[C@H](CO)NC(=O)[C@H](Cc1ccccc1)NC(=O)[C@@H](NC(=O)[C@H](CCC(=O)O)NC(=O)[C@H](CCC(N)=O)NC(=O)[C@@H](N)CO)[C@@H](C)O)C(=O)N[C@@H](Cc1c[nH]c2ccccc12)C(=O)N[C@@H](CCCCN)C(=O)N[C@@H](CC(C)C)C(=O)N[C@@H](CC(C)C)C(=O)N1CCC[C@H]1C(=O)O. The molecule has 1 fully saturated rings. The number of para-hydroxylation sites is 1. The third-order valence-corrected chi connectivity index (χ3v) is 18.1. The van der Waals surface area contributed by atoms with Gasteiger partial charge in [-0.2, -0.15) is 0 Å². The average Bonchev–Trinajstić information content (AvgIpc) is 1.80. The largest absolute Gasteiger partial charge is 0.481 e. The van der Waals surface area contributed by atoms with E-state index in [4.69, 9.17) is 17.2 Å². The standard InChI is InChI=1S/C73H110N16O22/c1-37(2)28-49(65(102)83-52(32-42-34-77-45-19-12-11-18-43(42)45)68(105)79-46(20-13-14-26-74)62(99)81-50(29-38(3)4)66(103)86-54(30-39(5)6)72(109)89-27-15-21-56(89)73(110)111)82-69(106)53(33-59(96)97)84-70(107)55(36-91)87-67(104)51(31-41-16-9-8-10-17-41)85-71(108)60(40(7)92)88-64(101)48(23-25-58(94)95)80-63(100)47(22-24-57(76)93)78-61(98)44(75)35-90/h8-12,16-19,34,37-40,44,46-56,60,77,90-92H,13-15,20-33,35-36,74-75H2,1-7H3,(H2,76,93)(H,78,98)(H,79,105)(H,80,100)(H,81,99)(H,82,106)(H,83,102)(H,84,107)(H,85,108)(H,86,103)(H,87,104)(H,88,101)(H,94,95)(H,96,97)(H,110,111)/t40-,44+,46+,47+,48+,49+,50+,51+,52+,53+,54+,55+,56+,60+/m1/s1. The zero-order valence-electron chi connectivity index (χ0n) is 63.4. The molecule has 3 aromatic rings. The topological polar surface area (TPSA) is 624 Å². The van der Waals surface area contributed by atoms with E-state index in [0.29, 0.717) is 34.9 Å². The molecule has 0 aliphatic carbocycles. The number of aromatic amines is 1. The number of rotatable bonds is 49. The molecule has 38 nitrogen and oxygen atoms in total. The molecule has 14 atom stereocenters. The predicted octanol–water partition coefficient (Wildman–Crippen LogP) is -4.07. The number of fused-ring (bicyclic) bond motifs is 1. The van der Waals surface area contributed by atoms with Gasteiger partial charge < -0.3 is 116 Å². The molecule has 0 radical (unpaired) electrons. The van der Waals surface area contributed by atoms with Gasteiger partial charge >= 0.3 is 17.9 Å². The molecule has 1 aromatic heterocycles. The van der Waals surface area contributed by atoms with Gasteiger partial charge in [0.25, 0.3) is 0 Å². The predicted molar refractivity (Wildman–Crippen MR) is 398 cm³/mol. The van der Waals surface area contributed by atoms with Gasteiger partial charge in [-0.15, -0.1) is 0 Å². The third kappa shape index (κ3) is 30.9. The average molecular weight is 1560 g/mol. The van der Waals surface area contributed by atoms with Crippen molar-refractivity contribution in [3.63, 3.8) is 0 Å². The van der Waals surface area contributed by atoms with Crippen LogP contribution in [-0.2, 0) is 89.6 Å². The Morgan fingerprint density at radius 2 is 0.928 bits per heavy atom. The summed E-state index contributed by atoms with van der Waals surface area (Å²) in [6, 6.07) is -6.28. The van der Waals surface area contributed by atoms with Gasteiger partial charge in [-0.1, -0.05) is 90.1 Å². The molecule has 1 aliphatic heterocycles. The Balaban J connectivity index is 1.64. The number of primary amides is 1. The number of carbonyl (C=O) groups is 16. The monoisotopic (exact) mass is 1560 g/mol. The highest BCUT2D eigenvalue weighted by atomic mass is 16.4. The van der Waals surface area contributed by atoms with Crippen molar-refractivity contribution in [2.75, 3.05) is 26.3 Å². The number of aliphatic carboxylic acids is 3. The van der Waals surface area contributed by atoms with Crippen LogP contribution in [0.2, 0.25) is 0 Å². The molecule has 0 spiro atoms. The first-order valence-corrected chi connectivity index (χ1v) is 36.9. The van der Waals surface area contributed by atoms with Crippen LogP contribution in [0, 0.1) is 17.8 Å². The number of carboxylic acids is 3. The number of H-pyrrole nitrogens is 1. The number of aromatic nitrogens is 1. The molecule has 111 heavy (non-hydrogen) atoms. The summed E-state index contributed by atoms with van der Waals surface area (Å²) >= 11 is 0. The summed E-state index contributed by atoms with van der Waals surface area (Å²) in [5, 5.41) is 88.0. The number of amides is 13. The molecular formula is C73H110N16O22. The number of carboxylic acid groups (broad SMARTS) is 3. The molecule has 614 valence electrons. The van der Waals surface area contributed by atoms with E-state index in [2.05, 4.69) is 63.5 Å². The highest BCUT2D eigenvalue weighted by molar-refractivity contribution is 6.01. The summed E-state index contributed by atoms with van der Waals surface area (Å²) in [5.74, 6) is -18.8. The van der Waals surface area contributed by atoms with Gasteiger partial charge in [-0.25, -0.2) is 4.79 Å². The summed E-state index contributed by atoms with van der Waals surface area (Å²) in [6.07, 6.45) is -3.18. The van der Waals surface area contributed by atoms with Gasteiger partial charge in [-0.05, 0) is 113 Å². The Hall–Kier alpha value is -10.7. The maximum atomic E-state index is 15.0. The van der Waals surface area contributed by atoms with Crippen LogP contribution in [0.4, 0.5) is 0 Å². The number of nitrogens with one attached hydrogen (secondary N) is 12. The van der Waals surface area contributed by atoms with E-state index in [1.54, 1.807) is 76.4 Å². The zero-order valence-corrected chi connectivity index (χ0v) is 63.4. The Bertz CT molecular complexity index is 3710. The fourth-order valence-electron chi connectivity index (χ4n) is 12.3. The second-order valence-corrected chi connectivity index (χ2v) is 28.8. The molecule has 0 bridgehead atoms. The minimum atomic E-state index is -2.08. The fraction of sp³-hybridized carbons (Fsp3) is 0.589. The van der Waals surface area contributed by atoms with Crippen LogP contribution in [0.15, 0.2) is 60.8 Å². The van der Waals surface area contributed by atoms with E-state index in [0.717, 1.165) is 6.92 Å². The highest BCUT2D eigenvalue weighted by Gasteiger charge is 2.42. The molecule has 2 aromatic carbocycles. The smallest absolute Gasteiger partial charge is 0.326 e. The molecule has 38 heteroatoms. The van der Waals surface area contributed by atoms with Crippen LogP contribution in [0.1, 0.15) is 143 Å². The lowest BCUT2D eigenvalue weighted by Crippen LogP contribution is -2.62. The number of benzene rings is 2. The number of nitrogens with two attached hydrogens (primary N) is 3. The third-order valence-electron chi connectivity index (χ3n) is 18.1. The number of unbranched alkanes of at least 4 members (excludes halogenated alkanes) is 1. The highest BCUT2D eigenvalue weighted by Crippen LogP contribution is 2.23. The number of aliphatic hydroxyl groups excluding tert-OH is 3.